The fourth-order valence-corrected chi connectivity index (χ4v) is 3.42. The molecule has 1 aromatic heterocycles. The number of para-hydroxylation sites is 1. The summed E-state index contributed by atoms with van der Waals surface area (Å²) < 4.78 is 7.34. The molecule has 0 spiro atoms. The Hall–Kier alpha value is -3.81. The highest BCUT2D eigenvalue weighted by Gasteiger charge is 2.23. The third kappa shape index (κ3) is 5.87. The first kappa shape index (κ1) is 22.9. The van der Waals surface area contributed by atoms with E-state index in [4.69, 9.17) is 4.74 Å². The molecule has 1 heterocycles. The van der Waals surface area contributed by atoms with Crippen LogP contribution in [0.4, 0.5) is 4.79 Å². The number of hydrogen-bond acceptors (Lipinski definition) is 4. The van der Waals surface area contributed by atoms with Gasteiger partial charge in [0, 0.05) is 51.6 Å². The first-order chi connectivity index (χ1) is 15.5. The summed E-state index contributed by atoms with van der Waals surface area (Å²) >= 11 is 0. The summed E-state index contributed by atoms with van der Waals surface area (Å²) in [5.41, 5.74) is 1.85. The van der Waals surface area contributed by atoms with Crippen LogP contribution < -0.4 is 15.4 Å². The predicted octanol–water partition coefficient (Wildman–Crippen LogP) is 2.87. The highest BCUT2D eigenvalue weighted by atomic mass is 16.5. The Morgan fingerprint density at radius 1 is 1.12 bits per heavy atom. The molecule has 0 saturated carbocycles. The number of carbonyl (C=O) groups is 2. The van der Waals surface area contributed by atoms with Gasteiger partial charge in [0.05, 0.1) is 7.11 Å². The number of urea groups is 1. The first-order valence-electron chi connectivity index (χ1n) is 10.4. The normalized spacial score (nSPS) is 11.5. The number of methoxy groups -OCH3 is 1. The van der Waals surface area contributed by atoms with E-state index in [1.807, 2.05) is 72.4 Å². The van der Waals surface area contributed by atoms with Crippen LogP contribution in [-0.4, -0.2) is 47.1 Å². The molecule has 3 amide bonds. The van der Waals surface area contributed by atoms with E-state index in [-0.39, 0.29) is 24.9 Å². The Kier molecular flexibility index (Phi) is 7.85. The van der Waals surface area contributed by atoms with Crippen LogP contribution in [0, 0.1) is 0 Å². The molecule has 1 unspecified atom stereocenters. The van der Waals surface area contributed by atoms with Crippen LogP contribution in [0.2, 0.25) is 0 Å². The third-order valence-electron chi connectivity index (χ3n) is 5.11. The second-order valence-corrected chi connectivity index (χ2v) is 7.46. The molecular formula is C24H29N5O3. The summed E-state index contributed by atoms with van der Waals surface area (Å²) in [4.78, 5) is 31.1. The van der Waals surface area contributed by atoms with Gasteiger partial charge in [-0.1, -0.05) is 48.5 Å². The summed E-state index contributed by atoms with van der Waals surface area (Å²) in [5.74, 6) is 1.15. The van der Waals surface area contributed by atoms with Gasteiger partial charge in [-0.25, -0.2) is 9.78 Å². The molecule has 32 heavy (non-hydrogen) atoms. The number of benzene rings is 2. The van der Waals surface area contributed by atoms with E-state index in [1.165, 1.54) is 0 Å². The minimum Gasteiger partial charge on any atom is -0.496 e. The van der Waals surface area contributed by atoms with Crippen LogP contribution in [0.25, 0.3) is 0 Å². The van der Waals surface area contributed by atoms with Gasteiger partial charge < -0.3 is 24.8 Å². The zero-order chi connectivity index (χ0) is 22.9. The fraction of sp³-hybridized carbons (Fsp3) is 0.292. The van der Waals surface area contributed by atoms with Crippen LogP contribution >= 0.6 is 0 Å². The van der Waals surface area contributed by atoms with Crippen molar-refractivity contribution in [3.8, 4) is 5.75 Å². The third-order valence-corrected chi connectivity index (χ3v) is 5.11. The Morgan fingerprint density at radius 3 is 2.53 bits per heavy atom. The summed E-state index contributed by atoms with van der Waals surface area (Å²) in [7, 11) is 5.19. The van der Waals surface area contributed by atoms with Gasteiger partial charge in [0.1, 0.15) is 17.6 Å². The number of ether oxygens (including phenoxy) is 1. The zero-order valence-corrected chi connectivity index (χ0v) is 18.6. The molecule has 0 aliphatic heterocycles. The van der Waals surface area contributed by atoms with Crippen LogP contribution in [0.1, 0.15) is 29.4 Å². The Balaban J connectivity index is 1.58. The molecule has 8 heteroatoms. The topological polar surface area (TPSA) is 88.5 Å². The van der Waals surface area contributed by atoms with Gasteiger partial charge in [0.25, 0.3) is 0 Å². The van der Waals surface area contributed by atoms with Crippen LogP contribution in [0.5, 0.6) is 5.75 Å². The van der Waals surface area contributed by atoms with Crippen LogP contribution in [0.15, 0.2) is 67.0 Å². The number of amides is 3. The molecular weight excluding hydrogens is 406 g/mol. The summed E-state index contributed by atoms with van der Waals surface area (Å²) in [5, 5.41) is 5.82. The molecule has 3 rings (SSSR count). The van der Waals surface area contributed by atoms with Crippen molar-refractivity contribution in [1.29, 1.82) is 0 Å². The standard InChI is InChI=1S/C24H29N5O3/c1-28-16-15-25-23(28)22(19-11-7-8-12-20(19)32-3)27-21(30)13-14-26-24(31)29(2)17-18-9-5-4-6-10-18/h4-12,15-16,22H,13-14,17H2,1-3H3,(H,26,31)(H,27,30). The smallest absolute Gasteiger partial charge is 0.317 e. The number of carbonyl (C=O) groups excluding carboxylic acids is 2. The molecule has 2 N–H and O–H groups in total. The second-order valence-electron chi connectivity index (χ2n) is 7.46. The SMILES string of the molecule is COc1ccccc1C(NC(=O)CCNC(=O)N(C)Cc1ccccc1)c1nccn1C. The van der Waals surface area contributed by atoms with E-state index in [9.17, 15) is 9.59 Å². The Labute approximate surface area is 188 Å². The predicted molar refractivity (Wildman–Crippen MR) is 122 cm³/mol. The van der Waals surface area contributed by atoms with E-state index in [2.05, 4.69) is 15.6 Å². The molecule has 168 valence electrons. The van der Waals surface area contributed by atoms with Gasteiger partial charge in [0.15, 0.2) is 0 Å². The minimum atomic E-state index is -0.477. The van der Waals surface area contributed by atoms with Gasteiger partial charge >= 0.3 is 6.03 Å². The fourth-order valence-electron chi connectivity index (χ4n) is 3.42. The van der Waals surface area contributed by atoms with Crippen molar-refractivity contribution in [2.24, 2.45) is 7.05 Å². The number of nitrogens with one attached hydrogen (secondary N) is 2. The minimum absolute atomic E-state index is 0.140. The van der Waals surface area contributed by atoms with E-state index in [0.29, 0.717) is 18.1 Å². The molecule has 0 saturated heterocycles. The number of hydrogen-bond donors (Lipinski definition) is 2. The van der Waals surface area contributed by atoms with E-state index in [1.54, 1.807) is 25.3 Å². The van der Waals surface area contributed by atoms with Gasteiger partial charge in [-0.3, -0.25) is 4.79 Å². The first-order valence-corrected chi connectivity index (χ1v) is 10.4. The van der Waals surface area contributed by atoms with E-state index in [0.717, 1.165) is 11.1 Å². The largest absolute Gasteiger partial charge is 0.496 e. The average molecular weight is 436 g/mol. The Bertz CT molecular complexity index is 1030. The highest BCUT2D eigenvalue weighted by Crippen LogP contribution is 2.29. The van der Waals surface area contributed by atoms with Gasteiger partial charge in [0.2, 0.25) is 5.91 Å². The molecule has 2 aromatic carbocycles. The van der Waals surface area contributed by atoms with Gasteiger partial charge in [-0.15, -0.1) is 0 Å². The molecule has 1 atom stereocenters. The average Bonchev–Trinajstić information content (AvgIpc) is 3.23. The molecule has 0 fully saturated rings. The number of imidazole rings is 1. The highest BCUT2D eigenvalue weighted by molar-refractivity contribution is 5.79. The van der Waals surface area contributed by atoms with Gasteiger partial charge in [-0.05, 0) is 11.6 Å². The maximum Gasteiger partial charge on any atom is 0.317 e. The lowest BCUT2D eigenvalue weighted by atomic mass is 10.0. The molecule has 8 nitrogen and oxygen atoms in total. The zero-order valence-electron chi connectivity index (χ0n) is 18.6. The van der Waals surface area contributed by atoms with Crippen molar-refractivity contribution in [3.05, 3.63) is 83.9 Å². The molecule has 0 aliphatic rings. The van der Waals surface area contributed by atoms with Crippen molar-refractivity contribution in [2.45, 2.75) is 19.0 Å². The van der Waals surface area contributed by atoms with E-state index >= 15 is 0 Å². The molecule has 0 aliphatic carbocycles. The summed E-state index contributed by atoms with van der Waals surface area (Å²) in [6.45, 7) is 0.719. The summed E-state index contributed by atoms with van der Waals surface area (Å²) in [6.07, 6.45) is 3.65. The number of aryl methyl sites for hydroxylation is 1. The lowest BCUT2D eigenvalue weighted by Gasteiger charge is -2.21. The van der Waals surface area contributed by atoms with Crippen molar-refractivity contribution >= 4 is 11.9 Å². The molecule has 3 aromatic rings. The lowest BCUT2D eigenvalue weighted by molar-refractivity contribution is -0.121. The number of aromatic nitrogens is 2. The monoisotopic (exact) mass is 435 g/mol. The van der Waals surface area contributed by atoms with Crippen molar-refractivity contribution in [3.63, 3.8) is 0 Å². The van der Waals surface area contributed by atoms with Crippen molar-refractivity contribution < 1.29 is 14.3 Å². The maximum absolute atomic E-state index is 12.7. The quantitative estimate of drug-likeness (QED) is 0.541. The van der Waals surface area contributed by atoms with Crippen LogP contribution in [0.3, 0.4) is 0 Å². The van der Waals surface area contributed by atoms with Gasteiger partial charge in [-0.2, -0.15) is 0 Å². The summed E-state index contributed by atoms with van der Waals surface area (Å²) in [6, 6.07) is 16.5. The maximum atomic E-state index is 12.7. The molecule has 0 radical (unpaired) electrons. The van der Waals surface area contributed by atoms with Crippen molar-refractivity contribution in [2.75, 3.05) is 20.7 Å². The lowest BCUT2D eigenvalue weighted by Crippen LogP contribution is -2.39. The van der Waals surface area contributed by atoms with Crippen molar-refractivity contribution in [1.82, 2.24) is 25.1 Å². The Morgan fingerprint density at radius 2 is 1.84 bits per heavy atom. The number of nitrogens with zero attached hydrogens (tertiary/aromatic N) is 3. The van der Waals surface area contributed by atoms with E-state index < -0.39 is 6.04 Å². The second kappa shape index (κ2) is 11.0. The van der Waals surface area contributed by atoms with Crippen LogP contribution in [-0.2, 0) is 18.4 Å². The number of rotatable bonds is 9. The molecule has 0 bridgehead atoms.